The van der Waals surface area contributed by atoms with Crippen molar-refractivity contribution in [2.24, 2.45) is 0 Å². The molecule has 1 amide bonds. The van der Waals surface area contributed by atoms with Crippen LogP contribution in [0.15, 0.2) is 30.7 Å². The molecule has 0 fully saturated rings. The largest absolute Gasteiger partial charge is 0.381 e. The van der Waals surface area contributed by atoms with E-state index in [4.69, 9.17) is 5.73 Å². The highest BCUT2D eigenvalue weighted by atomic mass is 19.1. The van der Waals surface area contributed by atoms with Gasteiger partial charge in [0.1, 0.15) is 0 Å². The summed E-state index contributed by atoms with van der Waals surface area (Å²) in [5.74, 6) is -1.55. The summed E-state index contributed by atoms with van der Waals surface area (Å²) in [6.07, 6.45) is 5.53. The predicted octanol–water partition coefficient (Wildman–Crippen LogP) is 0.819. The summed E-state index contributed by atoms with van der Waals surface area (Å²) in [4.78, 5) is 15.3. The molecule has 0 radical (unpaired) electrons. The number of rotatable bonds is 5. The number of carbonyl (C=O) groups excluding carboxylic acids is 1. The van der Waals surface area contributed by atoms with E-state index in [1.807, 2.05) is 12.3 Å². The standard InChI is InChI=1S/C12H14FN5O/c13-10-9(3-6-15-11(10)14)12(19)16-4-1-7-18-8-2-5-17-18/h2-3,5-6,8H,1,4,7H2,(H2,14,15)(H,16,19). The number of nitrogens with two attached hydrogens (primary N) is 1. The molecule has 0 aliphatic carbocycles. The maximum atomic E-state index is 13.5. The second-order valence-electron chi connectivity index (χ2n) is 3.94. The summed E-state index contributed by atoms with van der Waals surface area (Å²) in [5, 5.41) is 6.66. The average Bonchev–Trinajstić information content (AvgIpc) is 2.91. The fraction of sp³-hybridized carbons (Fsp3) is 0.250. The minimum atomic E-state index is -0.785. The third-order valence-corrected chi connectivity index (χ3v) is 2.57. The molecule has 0 aliphatic heterocycles. The maximum Gasteiger partial charge on any atom is 0.254 e. The lowest BCUT2D eigenvalue weighted by Crippen LogP contribution is -2.26. The molecule has 6 nitrogen and oxygen atoms in total. The van der Waals surface area contributed by atoms with E-state index in [1.54, 1.807) is 10.9 Å². The molecule has 0 unspecified atom stereocenters. The van der Waals surface area contributed by atoms with Gasteiger partial charge in [-0.1, -0.05) is 0 Å². The number of nitrogens with one attached hydrogen (secondary N) is 1. The first-order valence-corrected chi connectivity index (χ1v) is 5.84. The molecule has 2 aromatic heterocycles. The van der Waals surface area contributed by atoms with Crippen molar-refractivity contribution in [2.75, 3.05) is 12.3 Å². The zero-order valence-electron chi connectivity index (χ0n) is 10.2. The molecule has 0 saturated heterocycles. The number of halogens is 1. The molecule has 0 bridgehead atoms. The summed E-state index contributed by atoms with van der Waals surface area (Å²) in [5.41, 5.74) is 5.21. The number of pyridine rings is 1. The van der Waals surface area contributed by atoms with E-state index >= 15 is 0 Å². The Labute approximate surface area is 109 Å². The molecule has 7 heteroatoms. The lowest BCUT2D eigenvalue weighted by Gasteiger charge is -2.07. The van der Waals surface area contributed by atoms with Gasteiger partial charge >= 0.3 is 0 Å². The van der Waals surface area contributed by atoms with Crippen molar-refractivity contribution in [3.05, 3.63) is 42.1 Å². The Morgan fingerprint density at radius 2 is 2.32 bits per heavy atom. The Balaban J connectivity index is 1.83. The van der Waals surface area contributed by atoms with Crippen molar-refractivity contribution in [1.82, 2.24) is 20.1 Å². The van der Waals surface area contributed by atoms with Crippen molar-refractivity contribution in [3.63, 3.8) is 0 Å². The fourth-order valence-electron chi connectivity index (χ4n) is 1.61. The molecule has 0 aromatic carbocycles. The van der Waals surface area contributed by atoms with Crippen molar-refractivity contribution < 1.29 is 9.18 Å². The van der Waals surface area contributed by atoms with Gasteiger partial charge in [-0.2, -0.15) is 5.10 Å². The van der Waals surface area contributed by atoms with Gasteiger partial charge in [-0.25, -0.2) is 9.37 Å². The van der Waals surface area contributed by atoms with Crippen LogP contribution in [0.3, 0.4) is 0 Å². The van der Waals surface area contributed by atoms with Crippen molar-refractivity contribution in [3.8, 4) is 0 Å². The van der Waals surface area contributed by atoms with Gasteiger partial charge in [0.2, 0.25) is 0 Å². The van der Waals surface area contributed by atoms with Crippen molar-refractivity contribution >= 4 is 11.7 Å². The summed E-state index contributed by atoms with van der Waals surface area (Å²) in [7, 11) is 0. The maximum absolute atomic E-state index is 13.5. The summed E-state index contributed by atoms with van der Waals surface area (Å²) in [6, 6.07) is 3.13. The van der Waals surface area contributed by atoms with Crippen LogP contribution < -0.4 is 11.1 Å². The lowest BCUT2D eigenvalue weighted by atomic mass is 10.2. The van der Waals surface area contributed by atoms with Gasteiger partial charge in [0.25, 0.3) is 5.91 Å². The van der Waals surface area contributed by atoms with E-state index in [0.717, 1.165) is 0 Å². The fourth-order valence-corrected chi connectivity index (χ4v) is 1.61. The van der Waals surface area contributed by atoms with Crippen LogP contribution in [-0.4, -0.2) is 27.2 Å². The highest BCUT2D eigenvalue weighted by molar-refractivity contribution is 5.95. The third kappa shape index (κ3) is 3.27. The molecule has 2 aromatic rings. The summed E-state index contributed by atoms with van der Waals surface area (Å²) < 4.78 is 15.3. The van der Waals surface area contributed by atoms with E-state index in [-0.39, 0.29) is 11.4 Å². The van der Waals surface area contributed by atoms with Gasteiger partial charge in [-0.3, -0.25) is 9.48 Å². The molecule has 3 N–H and O–H groups in total. The van der Waals surface area contributed by atoms with Gasteiger partial charge < -0.3 is 11.1 Å². The minimum absolute atomic E-state index is 0.0911. The van der Waals surface area contributed by atoms with Crippen molar-refractivity contribution in [2.45, 2.75) is 13.0 Å². The van der Waals surface area contributed by atoms with E-state index in [0.29, 0.717) is 19.5 Å². The molecular weight excluding hydrogens is 249 g/mol. The third-order valence-electron chi connectivity index (χ3n) is 2.57. The smallest absolute Gasteiger partial charge is 0.254 e. The zero-order chi connectivity index (χ0) is 13.7. The van der Waals surface area contributed by atoms with Crippen LogP contribution in [0.25, 0.3) is 0 Å². The number of carbonyl (C=O) groups is 1. The molecular formula is C12H14FN5O. The van der Waals surface area contributed by atoms with Crippen LogP contribution in [0, 0.1) is 5.82 Å². The highest BCUT2D eigenvalue weighted by Crippen LogP contribution is 2.11. The average molecular weight is 263 g/mol. The van der Waals surface area contributed by atoms with E-state index in [9.17, 15) is 9.18 Å². The van der Waals surface area contributed by atoms with Crippen molar-refractivity contribution in [1.29, 1.82) is 0 Å². The number of nitrogens with zero attached hydrogens (tertiary/aromatic N) is 3. The van der Waals surface area contributed by atoms with E-state index in [1.165, 1.54) is 12.3 Å². The van der Waals surface area contributed by atoms with Crippen LogP contribution in [0.2, 0.25) is 0 Å². The number of anilines is 1. The SMILES string of the molecule is Nc1nccc(C(=O)NCCCn2cccn2)c1F. The molecule has 0 spiro atoms. The number of aryl methyl sites for hydroxylation is 1. The number of hydrogen-bond acceptors (Lipinski definition) is 4. The van der Waals surface area contributed by atoms with Gasteiger partial charge in [-0.15, -0.1) is 0 Å². The second-order valence-corrected chi connectivity index (χ2v) is 3.94. The number of amides is 1. The summed E-state index contributed by atoms with van der Waals surface area (Å²) >= 11 is 0. The number of nitrogen functional groups attached to an aromatic ring is 1. The van der Waals surface area contributed by atoms with Gasteiger partial charge in [0.05, 0.1) is 5.56 Å². The number of aromatic nitrogens is 3. The molecule has 0 saturated carbocycles. The van der Waals surface area contributed by atoms with Crippen LogP contribution in [0.1, 0.15) is 16.8 Å². The quantitative estimate of drug-likeness (QED) is 0.782. The molecule has 0 atom stereocenters. The molecule has 2 rings (SSSR count). The lowest BCUT2D eigenvalue weighted by molar-refractivity contribution is 0.0948. The minimum Gasteiger partial charge on any atom is -0.381 e. The first kappa shape index (κ1) is 13.0. The van der Waals surface area contributed by atoms with Gasteiger partial charge in [-0.05, 0) is 18.6 Å². The highest BCUT2D eigenvalue weighted by Gasteiger charge is 2.13. The topological polar surface area (TPSA) is 85.8 Å². The van der Waals surface area contributed by atoms with Crippen LogP contribution in [0.5, 0.6) is 0 Å². The molecule has 19 heavy (non-hydrogen) atoms. The normalized spacial score (nSPS) is 10.4. The van der Waals surface area contributed by atoms with Gasteiger partial charge in [0.15, 0.2) is 11.6 Å². The zero-order valence-corrected chi connectivity index (χ0v) is 10.2. The first-order valence-electron chi connectivity index (χ1n) is 5.84. The van der Waals surface area contributed by atoms with Crippen LogP contribution >= 0.6 is 0 Å². The predicted molar refractivity (Wildman–Crippen MR) is 67.8 cm³/mol. The Kier molecular flexibility index (Phi) is 4.07. The molecule has 0 aliphatic rings. The van der Waals surface area contributed by atoms with E-state index < -0.39 is 11.7 Å². The first-order chi connectivity index (χ1) is 9.18. The molecule has 100 valence electrons. The summed E-state index contributed by atoms with van der Waals surface area (Å²) in [6.45, 7) is 1.12. The Hall–Kier alpha value is -2.44. The van der Waals surface area contributed by atoms with Crippen LogP contribution in [0.4, 0.5) is 10.2 Å². The van der Waals surface area contributed by atoms with Gasteiger partial charge in [0, 0.05) is 31.7 Å². The Morgan fingerprint density at radius 1 is 1.47 bits per heavy atom. The second kappa shape index (κ2) is 5.94. The Bertz CT molecular complexity index is 555. The molecule has 2 heterocycles. The monoisotopic (exact) mass is 263 g/mol. The Morgan fingerprint density at radius 3 is 3.05 bits per heavy atom. The number of hydrogen-bond donors (Lipinski definition) is 2. The van der Waals surface area contributed by atoms with E-state index in [2.05, 4.69) is 15.4 Å². The van der Waals surface area contributed by atoms with Crippen LogP contribution in [-0.2, 0) is 6.54 Å².